The zero-order valence-electron chi connectivity index (χ0n) is 14.0. The molecule has 1 saturated carbocycles. The molecular formula is C17H21ClF3NO4. The van der Waals surface area contributed by atoms with Crippen LogP contribution in [-0.4, -0.2) is 48.6 Å². The van der Waals surface area contributed by atoms with E-state index in [0.717, 1.165) is 25.8 Å². The molecular weight excluding hydrogens is 375 g/mol. The van der Waals surface area contributed by atoms with Gasteiger partial charge in [0.1, 0.15) is 18.1 Å². The van der Waals surface area contributed by atoms with Gasteiger partial charge in [-0.3, -0.25) is 9.69 Å². The van der Waals surface area contributed by atoms with E-state index in [2.05, 4.69) is 9.64 Å². The first-order chi connectivity index (χ1) is 11.8. The van der Waals surface area contributed by atoms with E-state index in [0.29, 0.717) is 25.4 Å². The molecule has 0 spiro atoms. The van der Waals surface area contributed by atoms with E-state index in [-0.39, 0.29) is 24.1 Å². The number of benzene rings is 1. The predicted molar refractivity (Wildman–Crippen MR) is 89.7 cm³/mol. The van der Waals surface area contributed by atoms with Gasteiger partial charge >= 0.3 is 12.3 Å². The first-order valence-corrected chi connectivity index (χ1v) is 8.23. The van der Waals surface area contributed by atoms with Crippen molar-refractivity contribution >= 4 is 18.4 Å². The molecule has 3 rings (SSSR count). The maximum absolute atomic E-state index is 12.1. The zero-order valence-corrected chi connectivity index (χ0v) is 14.8. The summed E-state index contributed by atoms with van der Waals surface area (Å²) in [5.41, 5.74) is -0.615. The van der Waals surface area contributed by atoms with Gasteiger partial charge in [-0.05, 0) is 43.0 Å². The van der Waals surface area contributed by atoms with Gasteiger partial charge in [-0.2, -0.15) is 0 Å². The summed E-state index contributed by atoms with van der Waals surface area (Å²) in [5, 5.41) is 9.55. The van der Waals surface area contributed by atoms with Crippen LogP contribution in [0.25, 0.3) is 0 Å². The minimum absolute atomic E-state index is 0. The number of halogens is 4. The second-order valence-electron chi connectivity index (χ2n) is 6.65. The van der Waals surface area contributed by atoms with E-state index in [1.165, 1.54) is 24.3 Å². The van der Waals surface area contributed by atoms with Crippen LogP contribution >= 0.6 is 12.4 Å². The van der Waals surface area contributed by atoms with E-state index in [1.54, 1.807) is 0 Å². The standard InChI is InChI=1S/C17H20F3NO4.ClH/c18-17(19,20)25-14-5-3-13(4-6-14)24-9-8-21-10-12-2-1-7-16(12,11-21)15(22)23;/h3-6,12H,1-2,7-11H2,(H,22,23);1H/t12-,16+;/m0./s1. The van der Waals surface area contributed by atoms with Crippen molar-refractivity contribution < 1.29 is 32.5 Å². The van der Waals surface area contributed by atoms with Crippen LogP contribution in [0.3, 0.4) is 0 Å². The quantitative estimate of drug-likeness (QED) is 0.798. The van der Waals surface area contributed by atoms with Crippen molar-refractivity contribution in [2.75, 3.05) is 26.2 Å². The number of likely N-dealkylation sites (tertiary alicyclic amines) is 1. The molecule has 0 radical (unpaired) electrons. The van der Waals surface area contributed by atoms with E-state index >= 15 is 0 Å². The van der Waals surface area contributed by atoms with Crippen LogP contribution < -0.4 is 9.47 Å². The highest BCUT2D eigenvalue weighted by atomic mass is 35.5. The van der Waals surface area contributed by atoms with Crippen molar-refractivity contribution in [3.63, 3.8) is 0 Å². The first-order valence-electron chi connectivity index (χ1n) is 8.23. The Morgan fingerprint density at radius 2 is 1.92 bits per heavy atom. The molecule has 1 heterocycles. The SMILES string of the molecule is Cl.O=C(O)[C@@]12CCC[C@H]1CN(CCOc1ccc(OC(F)(F)F)cc1)C2. The normalized spacial score (nSPS) is 25.4. The molecule has 2 fully saturated rings. The van der Waals surface area contributed by atoms with Crippen molar-refractivity contribution in [2.45, 2.75) is 25.6 Å². The van der Waals surface area contributed by atoms with Crippen LogP contribution in [0, 0.1) is 11.3 Å². The maximum Gasteiger partial charge on any atom is 0.573 e. The highest BCUT2D eigenvalue weighted by molar-refractivity contribution is 5.85. The molecule has 1 aliphatic heterocycles. The number of ether oxygens (including phenoxy) is 2. The smallest absolute Gasteiger partial charge is 0.492 e. The Bertz CT molecular complexity index is 625. The van der Waals surface area contributed by atoms with Crippen LogP contribution in [0.15, 0.2) is 24.3 Å². The molecule has 0 aromatic heterocycles. The Morgan fingerprint density at radius 3 is 2.50 bits per heavy atom. The van der Waals surface area contributed by atoms with Crippen molar-refractivity contribution in [2.24, 2.45) is 11.3 Å². The molecule has 1 aromatic rings. The minimum atomic E-state index is -4.71. The summed E-state index contributed by atoms with van der Waals surface area (Å²) in [5.74, 6) is -0.361. The molecule has 0 amide bonds. The lowest BCUT2D eigenvalue weighted by molar-refractivity contribution is -0.274. The fraction of sp³-hybridized carbons (Fsp3) is 0.588. The summed E-state index contributed by atoms with van der Waals surface area (Å²) >= 11 is 0. The maximum atomic E-state index is 12.1. The molecule has 1 aliphatic carbocycles. The largest absolute Gasteiger partial charge is 0.573 e. The van der Waals surface area contributed by atoms with Crippen LogP contribution in [-0.2, 0) is 4.79 Å². The minimum Gasteiger partial charge on any atom is -0.492 e. The van der Waals surface area contributed by atoms with Gasteiger partial charge in [-0.25, -0.2) is 0 Å². The lowest BCUT2D eigenvalue weighted by Crippen LogP contribution is -2.36. The van der Waals surface area contributed by atoms with Crippen LogP contribution in [0.1, 0.15) is 19.3 Å². The molecule has 0 unspecified atom stereocenters. The van der Waals surface area contributed by atoms with Crippen molar-refractivity contribution in [1.29, 1.82) is 0 Å². The van der Waals surface area contributed by atoms with Gasteiger partial charge in [-0.15, -0.1) is 25.6 Å². The van der Waals surface area contributed by atoms with E-state index in [4.69, 9.17) is 4.74 Å². The molecule has 146 valence electrons. The summed E-state index contributed by atoms with van der Waals surface area (Å²) < 4.78 is 45.6. The van der Waals surface area contributed by atoms with E-state index in [1.807, 2.05) is 0 Å². The van der Waals surface area contributed by atoms with Gasteiger partial charge in [0, 0.05) is 19.6 Å². The fourth-order valence-electron chi connectivity index (χ4n) is 3.94. The second kappa shape index (κ2) is 7.92. The number of fused-ring (bicyclic) bond motifs is 1. The van der Waals surface area contributed by atoms with Gasteiger partial charge < -0.3 is 14.6 Å². The third-order valence-corrected chi connectivity index (χ3v) is 5.10. The lowest BCUT2D eigenvalue weighted by Gasteiger charge is -2.23. The summed E-state index contributed by atoms with van der Waals surface area (Å²) in [6, 6.07) is 5.22. The fourth-order valence-corrected chi connectivity index (χ4v) is 3.94. The number of carbonyl (C=O) groups is 1. The third-order valence-electron chi connectivity index (χ3n) is 5.10. The van der Waals surface area contributed by atoms with Crippen molar-refractivity contribution in [3.05, 3.63) is 24.3 Å². The number of hydrogen-bond acceptors (Lipinski definition) is 4. The Kier molecular flexibility index (Phi) is 6.29. The van der Waals surface area contributed by atoms with Gasteiger partial charge in [0.25, 0.3) is 0 Å². The molecule has 1 saturated heterocycles. The monoisotopic (exact) mass is 395 g/mol. The summed E-state index contributed by atoms with van der Waals surface area (Å²) in [6.07, 6.45) is -2.07. The average molecular weight is 396 g/mol. The molecule has 0 bridgehead atoms. The Morgan fingerprint density at radius 1 is 1.27 bits per heavy atom. The number of carboxylic acid groups (broad SMARTS) is 1. The van der Waals surface area contributed by atoms with E-state index < -0.39 is 17.7 Å². The zero-order chi connectivity index (χ0) is 18.1. The molecule has 9 heteroatoms. The molecule has 1 aromatic carbocycles. The molecule has 26 heavy (non-hydrogen) atoms. The number of rotatable bonds is 6. The highest BCUT2D eigenvalue weighted by Gasteiger charge is 2.54. The van der Waals surface area contributed by atoms with Crippen molar-refractivity contribution in [3.8, 4) is 11.5 Å². The molecule has 1 N–H and O–H groups in total. The van der Waals surface area contributed by atoms with Gasteiger partial charge in [0.05, 0.1) is 5.41 Å². The van der Waals surface area contributed by atoms with E-state index in [9.17, 15) is 23.1 Å². The summed E-state index contributed by atoms with van der Waals surface area (Å²) in [6.45, 7) is 2.23. The molecule has 2 atom stereocenters. The molecule has 2 aliphatic rings. The third kappa shape index (κ3) is 4.54. The number of carboxylic acids is 1. The second-order valence-corrected chi connectivity index (χ2v) is 6.65. The summed E-state index contributed by atoms with van der Waals surface area (Å²) in [7, 11) is 0. The summed E-state index contributed by atoms with van der Waals surface area (Å²) in [4.78, 5) is 13.7. The Balaban J connectivity index is 0.00000243. The van der Waals surface area contributed by atoms with Crippen LogP contribution in [0.2, 0.25) is 0 Å². The average Bonchev–Trinajstić information content (AvgIpc) is 3.05. The predicted octanol–water partition coefficient (Wildman–Crippen LogP) is 3.57. The first kappa shape index (κ1) is 20.6. The number of nitrogens with zero attached hydrogens (tertiary/aromatic N) is 1. The van der Waals surface area contributed by atoms with Crippen LogP contribution in [0.5, 0.6) is 11.5 Å². The van der Waals surface area contributed by atoms with Crippen molar-refractivity contribution in [1.82, 2.24) is 4.90 Å². The molecule has 5 nitrogen and oxygen atoms in total. The Hall–Kier alpha value is -1.67. The van der Waals surface area contributed by atoms with Gasteiger partial charge in [-0.1, -0.05) is 6.42 Å². The lowest BCUT2D eigenvalue weighted by atomic mass is 9.81. The number of aliphatic carboxylic acids is 1. The van der Waals surface area contributed by atoms with Gasteiger partial charge in [0.2, 0.25) is 0 Å². The number of alkyl halides is 3. The Labute approximate surface area is 155 Å². The van der Waals surface area contributed by atoms with Gasteiger partial charge in [0.15, 0.2) is 0 Å². The highest BCUT2D eigenvalue weighted by Crippen LogP contribution is 2.48. The topological polar surface area (TPSA) is 59.0 Å². The number of hydrogen-bond donors (Lipinski definition) is 1. The van der Waals surface area contributed by atoms with Crippen LogP contribution in [0.4, 0.5) is 13.2 Å².